The van der Waals surface area contributed by atoms with Crippen LogP contribution in [-0.4, -0.2) is 31.1 Å². The number of hydrogen-bond acceptors (Lipinski definition) is 5. The first-order chi connectivity index (χ1) is 23.2. The lowest BCUT2D eigenvalue weighted by Gasteiger charge is -2.35. The molecule has 2 unspecified atom stereocenters. The second-order valence-electron chi connectivity index (χ2n) is 14.5. The minimum absolute atomic E-state index is 0. The molecule has 6 rings (SSSR count). The van der Waals surface area contributed by atoms with Crippen molar-refractivity contribution in [3.63, 3.8) is 0 Å². The SMILES string of the molecule is COC(=O)[C@H](Cc1ccc(-c2ccccc2)cc1)NC(=O)C1Cc2ccc(Oc3ccc(C(C)(C)C)cc3)cc2C(CC2CCCC2)N1.Cl. The van der Waals surface area contributed by atoms with Crippen molar-refractivity contribution in [3.05, 3.63) is 119 Å². The summed E-state index contributed by atoms with van der Waals surface area (Å²) in [6.45, 7) is 6.62. The van der Waals surface area contributed by atoms with E-state index in [4.69, 9.17) is 9.47 Å². The Hall–Kier alpha value is -4.13. The highest BCUT2D eigenvalue weighted by Crippen LogP contribution is 2.38. The molecular formula is C42H49ClN2O4. The fourth-order valence-corrected chi connectivity index (χ4v) is 7.17. The second kappa shape index (κ2) is 16.1. The summed E-state index contributed by atoms with van der Waals surface area (Å²) in [5.74, 6) is 1.58. The van der Waals surface area contributed by atoms with Crippen molar-refractivity contribution < 1.29 is 19.1 Å². The van der Waals surface area contributed by atoms with Crippen molar-refractivity contribution in [2.24, 2.45) is 5.92 Å². The molecule has 1 saturated carbocycles. The molecule has 1 fully saturated rings. The van der Waals surface area contributed by atoms with Gasteiger partial charge in [-0.1, -0.05) is 119 Å². The minimum Gasteiger partial charge on any atom is -0.467 e. The van der Waals surface area contributed by atoms with Crippen LogP contribution < -0.4 is 15.4 Å². The Morgan fingerprint density at radius 2 is 1.51 bits per heavy atom. The van der Waals surface area contributed by atoms with E-state index in [1.807, 2.05) is 60.7 Å². The molecule has 4 aromatic rings. The highest BCUT2D eigenvalue weighted by molar-refractivity contribution is 5.88. The number of ether oxygens (including phenoxy) is 2. The molecular weight excluding hydrogens is 632 g/mol. The lowest BCUT2D eigenvalue weighted by atomic mass is 9.84. The minimum atomic E-state index is -0.790. The summed E-state index contributed by atoms with van der Waals surface area (Å²) in [6, 6.07) is 31.6. The molecule has 2 aliphatic rings. The normalized spacial score (nSPS) is 18.1. The second-order valence-corrected chi connectivity index (χ2v) is 14.5. The van der Waals surface area contributed by atoms with Crippen molar-refractivity contribution in [3.8, 4) is 22.6 Å². The van der Waals surface area contributed by atoms with Gasteiger partial charge in [-0.15, -0.1) is 12.4 Å². The molecule has 6 nitrogen and oxygen atoms in total. The van der Waals surface area contributed by atoms with Gasteiger partial charge in [0.15, 0.2) is 0 Å². The lowest BCUT2D eigenvalue weighted by Crippen LogP contribution is -2.54. The maximum atomic E-state index is 13.9. The van der Waals surface area contributed by atoms with E-state index < -0.39 is 18.1 Å². The monoisotopic (exact) mass is 680 g/mol. The average Bonchev–Trinajstić information content (AvgIpc) is 3.61. The van der Waals surface area contributed by atoms with Gasteiger partial charge in [0.1, 0.15) is 17.5 Å². The summed E-state index contributed by atoms with van der Waals surface area (Å²) >= 11 is 0. The summed E-state index contributed by atoms with van der Waals surface area (Å²) in [5, 5.41) is 6.72. The fraction of sp³-hybridized carbons (Fsp3) is 0.381. The van der Waals surface area contributed by atoms with E-state index in [-0.39, 0.29) is 29.8 Å². The van der Waals surface area contributed by atoms with E-state index in [0.717, 1.165) is 40.2 Å². The topological polar surface area (TPSA) is 76.7 Å². The maximum absolute atomic E-state index is 13.9. The molecule has 4 aromatic carbocycles. The molecule has 49 heavy (non-hydrogen) atoms. The van der Waals surface area contributed by atoms with Gasteiger partial charge in [-0.2, -0.15) is 0 Å². The zero-order chi connectivity index (χ0) is 33.7. The first-order valence-corrected chi connectivity index (χ1v) is 17.4. The Morgan fingerprint density at radius 3 is 2.16 bits per heavy atom. The summed E-state index contributed by atoms with van der Waals surface area (Å²) in [4.78, 5) is 26.8. The van der Waals surface area contributed by atoms with E-state index in [2.05, 4.69) is 67.8 Å². The summed E-state index contributed by atoms with van der Waals surface area (Å²) in [6.07, 6.45) is 6.79. The van der Waals surface area contributed by atoms with E-state index in [1.165, 1.54) is 43.9 Å². The van der Waals surface area contributed by atoms with Crippen LogP contribution in [0.2, 0.25) is 0 Å². The highest BCUT2D eigenvalue weighted by atomic mass is 35.5. The predicted octanol–water partition coefficient (Wildman–Crippen LogP) is 8.90. The van der Waals surface area contributed by atoms with Crippen LogP contribution in [0.5, 0.6) is 11.5 Å². The number of rotatable bonds is 10. The average molecular weight is 681 g/mol. The lowest BCUT2D eigenvalue weighted by molar-refractivity contribution is -0.145. The molecule has 1 heterocycles. The molecule has 0 spiro atoms. The molecule has 3 atom stereocenters. The van der Waals surface area contributed by atoms with E-state index in [1.54, 1.807) is 0 Å². The Morgan fingerprint density at radius 1 is 0.857 bits per heavy atom. The van der Waals surface area contributed by atoms with Crippen LogP contribution in [0.1, 0.15) is 81.2 Å². The predicted molar refractivity (Wildman–Crippen MR) is 198 cm³/mol. The van der Waals surface area contributed by atoms with Crippen LogP contribution in [0.15, 0.2) is 97.1 Å². The van der Waals surface area contributed by atoms with Crippen LogP contribution >= 0.6 is 12.4 Å². The Labute approximate surface area is 297 Å². The van der Waals surface area contributed by atoms with Crippen LogP contribution in [0.25, 0.3) is 11.1 Å². The number of fused-ring (bicyclic) bond motifs is 1. The van der Waals surface area contributed by atoms with Gasteiger partial charge in [-0.25, -0.2) is 4.79 Å². The van der Waals surface area contributed by atoms with Gasteiger partial charge in [0.25, 0.3) is 0 Å². The number of esters is 1. The zero-order valence-corrected chi connectivity index (χ0v) is 29.9. The number of carbonyl (C=O) groups excluding carboxylic acids is 2. The van der Waals surface area contributed by atoms with Crippen molar-refractivity contribution in [2.45, 2.75) is 89.3 Å². The third kappa shape index (κ3) is 9.11. The molecule has 0 bridgehead atoms. The van der Waals surface area contributed by atoms with Gasteiger partial charge in [0.05, 0.1) is 13.2 Å². The third-order valence-electron chi connectivity index (χ3n) is 9.94. The van der Waals surface area contributed by atoms with E-state index in [9.17, 15) is 9.59 Å². The van der Waals surface area contributed by atoms with Gasteiger partial charge >= 0.3 is 5.97 Å². The quantitative estimate of drug-likeness (QED) is 0.164. The number of hydrogen-bond donors (Lipinski definition) is 2. The van der Waals surface area contributed by atoms with Crippen LogP contribution in [0.4, 0.5) is 0 Å². The Bertz CT molecular complexity index is 1690. The number of nitrogens with one attached hydrogen (secondary N) is 2. The Balaban J connectivity index is 0.00000468. The van der Waals surface area contributed by atoms with Gasteiger partial charge in [-0.3, -0.25) is 10.1 Å². The van der Waals surface area contributed by atoms with Crippen molar-refractivity contribution in [1.82, 2.24) is 10.6 Å². The summed E-state index contributed by atoms with van der Waals surface area (Å²) in [5.41, 5.74) is 6.86. The molecule has 1 amide bonds. The van der Waals surface area contributed by atoms with Crippen molar-refractivity contribution in [2.75, 3.05) is 7.11 Å². The standard InChI is InChI=1S/C42H48N2O4.ClH/c1-42(2,3)33-19-22-34(23-20-33)48-35-21-18-32-26-38(43-37(36(32)27-35)24-28-10-8-9-11-28)40(45)44-39(41(46)47-4)25-29-14-16-31(17-15-29)30-12-6-5-7-13-30;/h5-7,12-23,27-28,37-39,43H,8-11,24-26H2,1-4H3,(H,44,45);1H/t37?,38?,39-;/m0./s1. The number of halogens is 1. The fourth-order valence-electron chi connectivity index (χ4n) is 7.17. The van der Waals surface area contributed by atoms with Gasteiger partial charge < -0.3 is 14.8 Å². The number of benzene rings is 4. The first kappa shape index (κ1) is 36.2. The zero-order valence-electron chi connectivity index (χ0n) is 29.0. The van der Waals surface area contributed by atoms with Gasteiger partial charge in [0, 0.05) is 12.5 Å². The van der Waals surface area contributed by atoms with Crippen LogP contribution in [0, 0.1) is 5.92 Å². The number of amides is 1. The smallest absolute Gasteiger partial charge is 0.328 e. The van der Waals surface area contributed by atoms with E-state index in [0.29, 0.717) is 18.8 Å². The highest BCUT2D eigenvalue weighted by Gasteiger charge is 2.34. The Kier molecular flexibility index (Phi) is 11.8. The van der Waals surface area contributed by atoms with Crippen molar-refractivity contribution in [1.29, 1.82) is 0 Å². The molecule has 2 N–H and O–H groups in total. The maximum Gasteiger partial charge on any atom is 0.328 e. The summed E-state index contributed by atoms with van der Waals surface area (Å²) < 4.78 is 11.5. The number of carbonyl (C=O) groups is 2. The largest absolute Gasteiger partial charge is 0.467 e. The molecule has 0 radical (unpaired) electrons. The number of methoxy groups -OCH3 is 1. The molecule has 1 aliphatic carbocycles. The van der Waals surface area contributed by atoms with Crippen LogP contribution in [0.3, 0.4) is 0 Å². The third-order valence-corrected chi connectivity index (χ3v) is 9.94. The van der Waals surface area contributed by atoms with Crippen molar-refractivity contribution >= 4 is 24.3 Å². The molecule has 1 aliphatic heterocycles. The molecule has 0 aromatic heterocycles. The van der Waals surface area contributed by atoms with Crippen LogP contribution in [-0.2, 0) is 32.6 Å². The molecule has 258 valence electrons. The summed E-state index contributed by atoms with van der Waals surface area (Å²) in [7, 11) is 1.37. The van der Waals surface area contributed by atoms with Gasteiger partial charge in [-0.05, 0) is 81.8 Å². The molecule has 7 heteroatoms. The first-order valence-electron chi connectivity index (χ1n) is 17.4. The molecule has 0 saturated heterocycles. The van der Waals surface area contributed by atoms with Gasteiger partial charge in [0.2, 0.25) is 5.91 Å². The van der Waals surface area contributed by atoms with E-state index >= 15 is 0 Å².